The fraction of sp³-hybridized carbons (Fsp3) is 0.929. The van der Waals surface area contributed by atoms with E-state index in [1.54, 1.807) is 0 Å². The van der Waals surface area contributed by atoms with E-state index in [1.807, 2.05) is 0 Å². The monoisotopic (exact) mass is 254 g/mol. The number of nitrogens with two attached hydrogens (primary N) is 1. The first-order valence-corrected chi connectivity index (χ1v) is 7.32. The molecule has 2 rings (SSSR count). The van der Waals surface area contributed by atoms with Crippen LogP contribution in [0.25, 0.3) is 0 Å². The predicted octanol–water partition coefficient (Wildman–Crippen LogP) is 1.58. The highest BCUT2D eigenvalue weighted by molar-refractivity contribution is 5.81. The first kappa shape index (κ1) is 13.8. The number of ether oxygens (including phenoxy) is 1. The average molecular weight is 254 g/mol. The topological polar surface area (TPSA) is 64.4 Å². The Morgan fingerprint density at radius 2 is 2.11 bits per heavy atom. The van der Waals surface area contributed by atoms with E-state index in [1.165, 1.54) is 25.7 Å². The van der Waals surface area contributed by atoms with Crippen molar-refractivity contribution in [1.29, 1.82) is 0 Å². The number of hydrogen-bond donors (Lipinski definition) is 2. The second-order valence-electron chi connectivity index (χ2n) is 5.84. The van der Waals surface area contributed by atoms with E-state index in [4.69, 9.17) is 10.5 Å². The molecule has 18 heavy (non-hydrogen) atoms. The van der Waals surface area contributed by atoms with Crippen molar-refractivity contribution in [2.24, 2.45) is 11.1 Å². The number of hydrogen-bond acceptors (Lipinski definition) is 3. The zero-order chi connectivity index (χ0) is 13.0. The first-order chi connectivity index (χ1) is 8.69. The lowest BCUT2D eigenvalue weighted by Gasteiger charge is -2.28. The molecule has 4 nitrogen and oxygen atoms in total. The van der Waals surface area contributed by atoms with Crippen LogP contribution in [0.1, 0.15) is 51.9 Å². The summed E-state index contributed by atoms with van der Waals surface area (Å²) < 4.78 is 5.62. The molecule has 1 amide bonds. The van der Waals surface area contributed by atoms with Gasteiger partial charge in [-0.05, 0) is 37.5 Å². The van der Waals surface area contributed by atoms with Crippen molar-refractivity contribution < 1.29 is 9.53 Å². The zero-order valence-corrected chi connectivity index (χ0v) is 11.4. The van der Waals surface area contributed by atoms with Crippen LogP contribution >= 0.6 is 0 Å². The Morgan fingerprint density at radius 3 is 2.67 bits per heavy atom. The number of amides is 1. The lowest BCUT2D eigenvalue weighted by Crippen LogP contribution is -2.41. The molecule has 0 aromatic heterocycles. The maximum Gasteiger partial charge on any atom is 0.249 e. The molecule has 1 aliphatic heterocycles. The minimum absolute atomic E-state index is 0.0608. The third-order valence-corrected chi connectivity index (χ3v) is 4.71. The molecule has 0 spiro atoms. The summed E-state index contributed by atoms with van der Waals surface area (Å²) in [4.78, 5) is 12.0. The summed E-state index contributed by atoms with van der Waals surface area (Å²) >= 11 is 0. The molecule has 0 aromatic rings. The van der Waals surface area contributed by atoms with E-state index in [9.17, 15) is 4.79 Å². The van der Waals surface area contributed by atoms with Crippen molar-refractivity contribution in [1.82, 2.24) is 5.32 Å². The highest BCUT2D eigenvalue weighted by atomic mass is 16.5. The summed E-state index contributed by atoms with van der Waals surface area (Å²) in [7, 11) is 0. The predicted molar refractivity (Wildman–Crippen MR) is 71.2 cm³/mol. The van der Waals surface area contributed by atoms with Gasteiger partial charge in [0, 0.05) is 13.1 Å². The molecular formula is C14H26N2O2. The lowest BCUT2D eigenvalue weighted by molar-refractivity contribution is -0.132. The van der Waals surface area contributed by atoms with Gasteiger partial charge in [0.05, 0.1) is 6.10 Å². The van der Waals surface area contributed by atoms with Crippen LogP contribution in [0.15, 0.2) is 0 Å². The summed E-state index contributed by atoms with van der Waals surface area (Å²) in [5.74, 6) is 0.0608. The Morgan fingerprint density at radius 1 is 1.39 bits per heavy atom. The van der Waals surface area contributed by atoms with E-state index in [-0.39, 0.29) is 18.1 Å². The molecule has 1 aliphatic carbocycles. The first-order valence-electron chi connectivity index (χ1n) is 7.32. The average Bonchev–Trinajstić information content (AvgIpc) is 3.05. The fourth-order valence-electron chi connectivity index (χ4n) is 3.24. The molecule has 2 fully saturated rings. The summed E-state index contributed by atoms with van der Waals surface area (Å²) in [5.41, 5.74) is 5.90. The van der Waals surface area contributed by atoms with Crippen molar-refractivity contribution in [3.8, 4) is 0 Å². The molecule has 2 atom stereocenters. The van der Waals surface area contributed by atoms with Gasteiger partial charge in [-0.25, -0.2) is 0 Å². The number of carbonyl (C=O) groups excluding carboxylic acids is 1. The highest BCUT2D eigenvalue weighted by Gasteiger charge is 2.34. The number of nitrogens with one attached hydrogen (secondary N) is 1. The zero-order valence-electron chi connectivity index (χ0n) is 11.4. The van der Waals surface area contributed by atoms with E-state index in [0.717, 1.165) is 25.8 Å². The highest BCUT2D eigenvalue weighted by Crippen LogP contribution is 2.40. The normalized spacial score (nSPS) is 30.6. The molecule has 0 unspecified atom stereocenters. The maximum atomic E-state index is 12.0. The van der Waals surface area contributed by atoms with Crippen LogP contribution in [0.4, 0.5) is 0 Å². The van der Waals surface area contributed by atoms with Gasteiger partial charge in [-0.1, -0.05) is 19.8 Å². The summed E-state index contributed by atoms with van der Waals surface area (Å²) in [6.07, 6.45) is 7.80. The second-order valence-corrected chi connectivity index (χ2v) is 5.84. The van der Waals surface area contributed by atoms with Gasteiger partial charge < -0.3 is 15.8 Å². The van der Waals surface area contributed by atoms with Gasteiger partial charge in [-0.3, -0.25) is 4.79 Å². The Balaban J connectivity index is 1.78. The van der Waals surface area contributed by atoms with Crippen molar-refractivity contribution in [3.63, 3.8) is 0 Å². The van der Waals surface area contributed by atoms with Crippen molar-refractivity contribution in [2.45, 2.75) is 64.1 Å². The minimum atomic E-state index is -0.270. The van der Waals surface area contributed by atoms with Crippen LogP contribution in [0.2, 0.25) is 0 Å². The molecule has 0 radical (unpaired) electrons. The van der Waals surface area contributed by atoms with Gasteiger partial charge in [0.25, 0.3) is 0 Å². The Hall–Kier alpha value is -0.610. The molecule has 1 saturated carbocycles. The van der Waals surface area contributed by atoms with E-state index in [2.05, 4.69) is 12.2 Å². The van der Waals surface area contributed by atoms with Gasteiger partial charge in [-0.2, -0.15) is 0 Å². The van der Waals surface area contributed by atoms with Crippen LogP contribution in [-0.2, 0) is 9.53 Å². The van der Waals surface area contributed by atoms with E-state index < -0.39 is 0 Å². The second kappa shape index (κ2) is 6.02. The molecule has 3 N–H and O–H groups in total. The van der Waals surface area contributed by atoms with Crippen molar-refractivity contribution in [3.05, 3.63) is 0 Å². The van der Waals surface area contributed by atoms with Crippen LogP contribution in [0.3, 0.4) is 0 Å². The standard InChI is InChI=1S/C14H26N2O2/c1-2-14(7-3-4-8-14)10-16-13(17)12-6-5-11(9-15)18-12/h11-12H,2-10,15H2,1H3,(H,16,17)/t11-,12+/m1/s1. The summed E-state index contributed by atoms with van der Waals surface area (Å²) in [5, 5.41) is 3.10. The van der Waals surface area contributed by atoms with E-state index >= 15 is 0 Å². The van der Waals surface area contributed by atoms with Crippen LogP contribution in [0.5, 0.6) is 0 Å². The third-order valence-electron chi connectivity index (χ3n) is 4.71. The number of rotatable bonds is 5. The molecular weight excluding hydrogens is 228 g/mol. The van der Waals surface area contributed by atoms with Crippen molar-refractivity contribution in [2.75, 3.05) is 13.1 Å². The molecule has 0 bridgehead atoms. The van der Waals surface area contributed by atoms with Gasteiger partial charge in [0.15, 0.2) is 0 Å². The van der Waals surface area contributed by atoms with Gasteiger partial charge in [0.1, 0.15) is 6.10 Å². The van der Waals surface area contributed by atoms with Crippen LogP contribution in [0, 0.1) is 5.41 Å². The Bertz CT molecular complexity index is 288. The number of carbonyl (C=O) groups is 1. The molecule has 1 saturated heterocycles. The molecule has 104 valence electrons. The lowest BCUT2D eigenvalue weighted by atomic mass is 9.83. The van der Waals surface area contributed by atoms with Crippen LogP contribution < -0.4 is 11.1 Å². The van der Waals surface area contributed by atoms with Gasteiger partial charge in [-0.15, -0.1) is 0 Å². The quantitative estimate of drug-likeness (QED) is 0.783. The molecule has 1 heterocycles. The summed E-state index contributed by atoms with van der Waals surface area (Å²) in [6, 6.07) is 0. The smallest absolute Gasteiger partial charge is 0.249 e. The van der Waals surface area contributed by atoms with E-state index in [0.29, 0.717) is 12.0 Å². The fourth-order valence-corrected chi connectivity index (χ4v) is 3.24. The molecule has 4 heteroatoms. The molecule has 2 aliphatic rings. The van der Waals surface area contributed by atoms with Crippen molar-refractivity contribution >= 4 is 5.91 Å². The third kappa shape index (κ3) is 3.04. The van der Waals surface area contributed by atoms with Gasteiger partial charge in [0.2, 0.25) is 5.91 Å². The largest absolute Gasteiger partial charge is 0.364 e. The van der Waals surface area contributed by atoms with Crippen LogP contribution in [-0.4, -0.2) is 31.2 Å². The maximum absolute atomic E-state index is 12.0. The van der Waals surface area contributed by atoms with Gasteiger partial charge >= 0.3 is 0 Å². The molecule has 0 aromatic carbocycles. The minimum Gasteiger partial charge on any atom is -0.364 e. The SMILES string of the molecule is CCC1(CNC(=O)[C@@H]2CC[C@H](CN)O2)CCCC1. The Kier molecular flexibility index (Phi) is 4.62. The summed E-state index contributed by atoms with van der Waals surface area (Å²) in [6.45, 7) is 3.56. The Labute approximate surface area is 110 Å².